The predicted molar refractivity (Wildman–Crippen MR) is 123 cm³/mol. The molecular formula is C24H27ClN2O2S. The van der Waals surface area contributed by atoms with Crippen molar-refractivity contribution in [2.75, 3.05) is 10.7 Å². The van der Waals surface area contributed by atoms with E-state index in [1.807, 2.05) is 42.5 Å². The van der Waals surface area contributed by atoms with E-state index in [1.54, 1.807) is 4.90 Å². The number of nitrogens with one attached hydrogen (secondary N) is 1. The first-order valence-electron chi connectivity index (χ1n) is 10.5. The number of thioether (sulfide) groups is 1. The highest BCUT2D eigenvalue weighted by Crippen LogP contribution is 2.37. The molecule has 4 nitrogen and oxygen atoms in total. The number of amides is 2. The smallest absolute Gasteiger partial charge is 0.251 e. The van der Waals surface area contributed by atoms with Gasteiger partial charge >= 0.3 is 0 Å². The van der Waals surface area contributed by atoms with Crippen molar-refractivity contribution < 1.29 is 9.59 Å². The molecule has 2 amide bonds. The molecule has 0 spiro atoms. The molecule has 0 bridgehead atoms. The lowest BCUT2D eigenvalue weighted by Crippen LogP contribution is -2.43. The number of halogens is 1. The van der Waals surface area contributed by atoms with Crippen LogP contribution in [0.3, 0.4) is 0 Å². The van der Waals surface area contributed by atoms with Gasteiger partial charge < -0.3 is 10.2 Å². The highest BCUT2D eigenvalue weighted by atomic mass is 35.5. The molecule has 1 aliphatic heterocycles. The lowest BCUT2D eigenvalue weighted by Gasteiger charge is -2.34. The van der Waals surface area contributed by atoms with Gasteiger partial charge in [-0.1, -0.05) is 50.4 Å². The Balaban J connectivity index is 1.56. The molecule has 1 aliphatic carbocycles. The molecule has 2 aromatic rings. The standard InChI is InChI=1S/C24H27ClN2O2S/c1-15-4-3-5-20(16(15)2)26-24(29)18-8-11-22-21(12-18)27(23(28)14-30-22)13-17-6-9-19(25)10-7-17/h6-12,15-16,20H,3-5,13-14H2,1-2H3,(H,26,29)/t15-,16+,20+/m1/s1. The van der Waals surface area contributed by atoms with Gasteiger partial charge in [-0.25, -0.2) is 0 Å². The summed E-state index contributed by atoms with van der Waals surface area (Å²) in [5, 5.41) is 3.91. The van der Waals surface area contributed by atoms with Crippen LogP contribution in [0.2, 0.25) is 5.02 Å². The molecule has 158 valence electrons. The fourth-order valence-electron chi connectivity index (χ4n) is 4.33. The van der Waals surface area contributed by atoms with Gasteiger partial charge in [0, 0.05) is 21.5 Å². The van der Waals surface area contributed by atoms with Crippen LogP contribution in [0, 0.1) is 11.8 Å². The van der Waals surface area contributed by atoms with Gasteiger partial charge in [-0.3, -0.25) is 9.59 Å². The van der Waals surface area contributed by atoms with Crippen molar-refractivity contribution in [3.63, 3.8) is 0 Å². The van der Waals surface area contributed by atoms with E-state index >= 15 is 0 Å². The van der Waals surface area contributed by atoms with Crippen LogP contribution in [0.1, 0.15) is 49.0 Å². The molecule has 2 aromatic carbocycles. The molecule has 1 fully saturated rings. The maximum Gasteiger partial charge on any atom is 0.251 e. The van der Waals surface area contributed by atoms with Gasteiger partial charge in [-0.2, -0.15) is 0 Å². The van der Waals surface area contributed by atoms with Crippen molar-refractivity contribution in [3.05, 3.63) is 58.6 Å². The maximum atomic E-state index is 13.0. The third kappa shape index (κ3) is 4.52. The van der Waals surface area contributed by atoms with Crippen LogP contribution in [0.5, 0.6) is 0 Å². The number of benzene rings is 2. The largest absolute Gasteiger partial charge is 0.349 e. The number of rotatable bonds is 4. The maximum absolute atomic E-state index is 13.0. The topological polar surface area (TPSA) is 49.4 Å². The summed E-state index contributed by atoms with van der Waals surface area (Å²) in [6.07, 6.45) is 3.41. The minimum atomic E-state index is -0.0572. The second kappa shape index (κ2) is 9.03. The summed E-state index contributed by atoms with van der Waals surface area (Å²) in [6.45, 7) is 4.95. The summed E-state index contributed by atoms with van der Waals surface area (Å²) in [4.78, 5) is 28.5. The minimum absolute atomic E-state index is 0.0507. The monoisotopic (exact) mass is 442 g/mol. The van der Waals surface area contributed by atoms with Crippen LogP contribution in [0.15, 0.2) is 47.4 Å². The molecule has 1 saturated carbocycles. The van der Waals surface area contributed by atoms with Gasteiger partial charge in [0.1, 0.15) is 0 Å². The molecule has 0 aromatic heterocycles. The van der Waals surface area contributed by atoms with Crippen molar-refractivity contribution in [1.29, 1.82) is 0 Å². The summed E-state index contributed by atoms with van der Waals surface area (Å²) >= 11 is 7.52. The molecule has 6 heteroatoms. The number of hydrogen-bond donors (Lipinski definition) is 1. The van der Waals surface area contributed by atoms with Crippen LogP contribution in [0.4, 0.5) is 5.69 Å². The average Bonchev–Trinajstić information content (AvgIpc) is 2.74. The Kier molecular flexibility index (Phi) is 6.40. The van der Waals surface area contributed by atoms with E-state index in [4.69, 9.17) is 11.6 Å². The number of anilines is 1. The summed E-state index contributed by atoms with van der Waals surface area (Å²) in [6, 6.07) is 13.4. The molecule has 0 saturated heterocycles. The average molecular weight is 443 g/mol. The summed E-state index contributed by atoms with van der Waals surface area (Å²) in [5.74, 6) is 1.49. The Morgan fingerprint density at radius 1 is 1.17 bits per heavy atom. The Bertz CT molecular complexity index is 947. The molecule has 2 aliphatic rings. The van der Waals surface area contributed by atoms with E-state index in [-0.39, 0.29) is 17.9 Å². The van der Waals surface area contributed by atoms with Crippen molar-refractivity contribution in [3.8, 4) is 0 Å². The zero-order valence-corrected chi connectivity index (χ0v) is 18.9. The molecule has 1 heterocycles. The Labute approximate surface area is 187 Å². The quantitative estimate of drug-likeness (QED) is 0.676. The predicted octanol–water partition coefficient (Wildman–Crippen LogP) is 5.53. The van der Waals surface area contributed by atoms with Crippen LogP contribution in [0.25, 0.3) is 0 Å². The molecular weight excluding hydrogens is 416 g/mol. The van der Waals surface area contributed by atoms with Crippen LogP contribution < -0.4 is 10.2 Å². The van der Waals surface area contributed by atoms with Crippen molar-refractivity contribution >= 4 is 40.9 Å². The van der Waals surface area contributed by atoms with Gasteiger partial charge in [-0.05, 0) is 54.2 Å². The van der Waals surface area contributed by atoms with Gasteiger partial charge in [0.25, 0.3) is 5.91 Å². The Hall–Kier alpha value is -1.98. The first kappa shape index (κ1) is 21.3. The normalized spacial score (nSPS) is 23.8. The van der Waals surface area contributed by atoms with E-state index in [1.165, 1.54) is 18.2 Å². The number of carbonyl (C=O) groups excluding carboxylic acids is 2. The van der Waals surface area contributed by atoms with Crippen molar-refractivity contribution in [1.82, 2.24) is 5.32 Å². The highest BCUT2D eigenvalue weighted by Gasteiger charge is 2.30. The van der Waals surface area contributed by atoms with E-state index in [2.05, 4.69) is 19.2 Å². The number of nitrogens with zero attached hydrogens (tertiary/aromatic N) is 1. The molecule has 30 heavy (non-hydrogen) atoms. The van der Waals surface area contributed by atoms with E-state index < -0.39 is 0 Å². The van der Waals surface area contributed by atoms with Crippen LogP contribution in [-0.4, -0.2) is 23.6 Å². The van der Waals surface area contributed by atoms with Gasteiger partial charge in [0.15, 0.2) is 0 Å². The van der Waals surface area contributed by atoms with Gasteiger partial charge in [0.05, 0.1) is 18.0 Å². The van der Waals surface area contributed by atoms with E-state index in [0.717, 1.165) is 29.0 Å². The first-order valence-corrected chi connectivity index (χ1v) is 11.9. The Morgan fingerprint density at radius 3 is 2.70 bits per heavy atom. The third-order valence-corrected chi connectivity index (χ3v) is 7.74. The van der Waals surface area contributed by atoms with E-state index in [9.17, 15) is 9.59 Å². The fourth-order valence-corrected chi connectivity index (χ4v) is 5.37. The number of hydrogen-bond acceptors (Lipinski definition) is 3. The molecule has 1 N–H and O–H groups in total. The second-order valence-corrected chi connectivity index (χ2v) is 9.88. The molecule has 0 radical (unpaired) electrons. The molecule has 4 rings (SSSR count). The lowest BCUT2D eigenvalue weighted by atomic mass is 9.78. The molecule has 3 atom stereocenters. The van der Waals surface area contributed by atoms with E-state index in [0.29, 0.717) is 34.7 Å². The zero-order chi connectivity index (χ0) is 21.3. The number of fused-ring (bicyclic) bond motifs is 1. The second-order valence-electron chi connectivity index (χ2n) is 8.42. The lowest BCUT2D eigenvalue weighted by molar-refractivity contribution is -0.116. The Morgan fingerprint density at radius 2 is 1.93 bits per heavy atom. The molecule has 0 unspecified atom stereocenters. The van der Waals surface area contributed by atoms with Crippen molar-refractivity contribution in [2.45, 2.75) is 50.6 Å². The minimum Gasteiger partial charge on any atom is -0.349 e. The van der Waals surface area contributed by atoms with Crippen LogP contribution >= 0.6 is 23.4 Å². The first-order chi connectivity index (χ1) is 14.4. The fraction of sp³-hybridized carbons (Fsp3) is 0.417. The zero-order valence-electron chi connectivity index (χ0n) is 17.4. The highest BCUT2D eigenvalue weighted by molar-refractivity contribution is 8.00. The van der Waals surface area contributed by atoms with Gasteiger partial charge in [0.2, 0.25) is 5.91 Å². The van der Waals surface area contributed by atoms with Crippen LogP contribution in [-0.2, 0) is 11.3 Å². The summed E-state index contributed by atoms with van der Waals surface area (Å²) in [7, 11) is 0. The third-order valence-electron chi connectivity index (χ3n) is 6.44. The summed E-state index contributed by atoms with van der Waals surface area (Å²) < 4.78 is 0. The van der Waals surface area contributed by atoms with Crippen molar-refractivity contribution in [2.24, 2.45) is 11.8 Å². The number of carbonyl (C=O) groups is 2. The summed E-state index contributed by atoms with van der Waals surface area (Å²) in [5.41, 5.74) is 2.42. The SMILES string of the molecule is C[C@H]1[C@H](C)CCC[C@@H]1NC(=O)c1ccc2c(c1)N(Cc1ccc(Cl)cc1)C(=O)CS2. The van der Waals surface area contributed by atoms with Gasteiger partial charge in [-0.15, -0.1) is 11.8 Å².